The lowest BCUT2D eigenvalue weighted by atomic mass is 10.1. The van der Waals surface area contributed by atoms with Crippen molar-refractivity contribution in [1.29, 1.82) is 0 Å². The standard InChI is InChI=1S/C10H12N2/c11-9-2-1-7-3-5-12-6-4-8(9)10(7)12/h1-2H,3-6,11H2. The largest absolute Gasteiger partial charge is 0.398 e. The van der Waals surface area contributed by atoms with E-state index in [9.17, 15) is 0 Å². The molecule has 0 radical (unpaired) electrons. The SMILES string of the molecule is Nc1ccc2c3c1CCN3CC2. The van der Waals surface area contributed by atoms with Crippen LogP contribution in [0.25, 0.3) is 0 Å². The molecule has 2 nitrogen and oxygen atoms in total. The van der Waals surface area contributed by atoms with Crippen LogP contribution in [0.5, 0.6) is 0 Å². The van der Waals surface area contributed by atoms with Crippen LogP contribution in [0, 0.1) is 0 Å². The summed E-state index contributed by atoms with van der Waals surface area (Å²) in [6.07, 6.45) is 2.36. The van der Waals surface area contributed by atoms with Crippen molar-refractivity contribution in [3.8, 4) is 0 Å². The summed E-state index contributed by atoms with van der Waals surface area (Å²) in [5.74, 6) is 0. The van der Waals surface area contributed by atoms with Gasteiger partial charge in [0.15, 0.2) is 0 Å². The Balaban J connectivity index is 2.32. The maximum atomic E-state index is 5.90. The number of hydrogen-bond acceptors (Lipinski definition) is 2. The fourth-order valence-electron chi connectivity index (χ4n) is 2.40. The first-order valence-corrected chi connectivity index (χ1v) is 4.51. The van der Waals surface area contributed by atoms with Crippen LogP contribution in [0.2, 0.25) is 0 Å². The Morgan fingerprint density at radius 1 is 1.17 bits per heavy atom. The van der Waals surface area contributed by atoms with Crippen molar-refractivity contribution < 1.29 is 0 Å². The maximum absolute atomic E-state index is 5.90. The average Bonchev–Trinajstić information content (AvgIpc) is 2.61. The highest BCUT2D eigenvalue weighted by Gasteiger charge is 2.28. The van der Waals surface area contributed by atoms with Crippen LogP contribution in [0.1, 0.15) is 11.1 Å². The predicted octanol–water partition coefficient (Wildman–Crippen LogP) is 1.19. The van der Waals surface area contributed by atoms with Crippen LogP contribution in [-0.2, 0) is 12.8 Å². The number of nitrogens with zero attached hydrogens (tertiary/aromatic N) is 1. The van der Waals surface area contributed by atoms with Gasteiger partial charge in [-0.3, -0.25) is 0 Å². The molecule has 1 aromatic carbocycles. The molecule has 0 bridgehead atoms. The molecule has 2 aliphatic heterocycles. The van der Waals surface area contributed by atoms with Crippen molar-refractivity contribution in [3.05, 3.63) is 23.3 Å². The molecule has 0 spiro atoms. The highest BCUT2D eigenvalue weighted by molar-refractivity contribution is 5.74. The van der Waals surface area contributed by atoms with E-state index in [1.807, 2.05) is 0 Å². The van der Waals surface area contributed by atoms with E-state index in [4.69, 9.17) is 5.73 Å². The molecule has 2 heteroatoms. The lowest BCUT2D eigenvalue weighted by molar-refractivity contribution is 0.856. The van der Waals surface area contributed by atoms with E-state index in [-0.39, 0.29) is 0 Å². The molecule has 12 heavy (non-hydrogen) atoms. The zero-order valence-corrected chi connectivity index (χ0v) is 7.01. The fraction of sp³-hybridized carbons (Fsp3) is 0.400. The quantitative estimate of drug-likeness (QED) is 0.577. The molecular weight excluding hydrogens is 148 g/mol. The van der Waals surface area contributed by atoms with Gasteiger partial charge < -0.3 is 10.6 Å². The summed E-state index contributed by atoms with van der Waals surface area (Å²) in [5, 5.41) is 0. The van der Waals surface area contributed by atoms with Gasteiger partial charge in [0.1, 0.15) is 0 Å². The lowest BCUT2D eigenvalue weighted by Gasteiger charge is -2.11. The van der Waals surface area contributed by atoms with Crippen LogP contribution < -0.4 is 10.6 Å². The molecule has 0 saturated carbocycles. The van der Waals surface area contributed by atoms with Gasteiger partial charge in [0, 0.05) is 30.0 Å². The molecule has 0 saturated heterocycles. The van der Waals surface area contributed by atoms with E-state index in [1.54, 1.807) is 0 Å². The number of benzene rings is 1. The summed E-state index contributed by atoms with van der Waals surface area (Å²) in [5.41, 5.74) is 11.2. The molecule has 0 aromatic heterocycles. The number of nitrogens with two attached hydrogens (primary N) is 1. The third-order valence-electron chi connectivity index (χ3n) is 3.00. The monoisotopic (exact) mass is 160 g/mol. The summed E-state index contributed by atoms with van der Waals surface area (Å²) in [6, 6.07) is 4.24. The van der Waals surface area contributed by atoms with Gasteiger partial charge in [-0.1, -0.05) is 6.07 Å². The smallest absolute Gasteiger partial charge is 0.0453 e. The van der Waals surface area contributed by atoms with Crippen molar-refractivity contribution >= 4 is 11.4 Å². The Labute approximate surface area is 72.0 Å². The van der Waals surface area contributed by atoms with Crippen LogP contribution in [0.15, 0.2) is 12.1 Å². The van der Waals surface area contributed by atoms with E-state index in [0.29, 0.717) is 0 Å². The van der Waals surface area contributed by atoms with E-state index in [0.717, 1.165) is 12.1 Å². The third-order valence-corrected chi connectivity index (χ3v) is 3.00. The van der Waals surface area contributed by atoms with Gasteiger partial charge in [-0.05, 0) is 24.5 Å². The second-order valence-electron chi connectivity index (χ2n) is 3.63. The highest BCUT2D eigenvalue weighted by Crippen LogP contribution is 2.39. The molecule has 0 aliphatic carbocycles. The molecule has 0 unspecified atom stereocenters. The van der Waals surface area contributed by atoms with Crippen molar-refractivity contribution in [2.45, 2.75) is 12.8 Å². The van der Waals surface area contributed by atoms with Gasteiger partial charge in [-0.25, -0.2) is 0 Å². The van der Waals surface area contributed by atoms with Crippen LogP contribution in [-0.4, -0.2) is 13.1 Å². The predicted molar refractivity (Wildman–Crippen MR) is 50.5 cm³/mol. The van der Waals surface area contributed by atoms with E-state index in [1.165, 1.54) is 36.3 Å². The Bertz CT molecular complexity index is 344. The molecule has 0 atom stereocenters. The Morgan fingerprint density at radius 3 is 2.92 bits per heavy atom. The van der Waals surface area contributed by atoms with Gasteiger partial charge >= 0.3 is 0 Å². The maximum Gasteiger partial charge on any atom is 0.0453 e. The minimum absolute atomic E-state index is 0.984. The lowest BCUT2D eigenvalue weighted by Crippen LogP contribution is -2.17. The minimum Gasteiger partial charge on any atom is -0.398 e. The Kier molecular flexibility index (Phi) is 1.03. The summed E-state index contributed by atoms with van der Waals surface area (Å²) in [6.45, 7) is 2.38. The van der Waals surface area contributed by atoms with Crippen molar-refractivity contribution in [3.63, 3.8) is 0 Å². The van der Waals surface area contributed by atoms with Crippen LogP contribution in [0.4, 0.5) is 11.4 Å². The van der Waals surface area contributed by atoms with Gasteiger partial charge in [0.2, 0.25) is 0 Å². The summed E-state index contributed by atoms with van der Waals surface area (Å²) in [7, 11) is 0. The molecule has 2 N–H and O–H groups in total. The molecule has 3 rings (SSSR count). The van der Waals surface area contributed by atoms with Gasteiger partial charge in [-0.15, -0.1) is 0 Å². The van der Waals surface area contributed by atoms with Gasteiger partial charge in [0.25, 0.3) is 0 Å². The molecule has 1 aromatic rings. The summed E-state index contributed by atoms with van der Waals surface area (Å²) in [4.78, 5) is 2.46. The molecule has 62 valence electrons. The Morgan fingerprint density at radius 2 is 2.00 bits per heavy atom. The number of rotatable bonds is 0. The average molecular weight is 160 g/mol. The molecule has 2 heterocycles. The van der Waals surface area contributed by atoms with E-state index < -0.39 is 0 Å². The number of hydrogen-bond donors (Lipinski definition) is 1. The molecular formula is C10H12N2. The molecule has 0 amide bonds. The second-order valence-corrected chi connectivity index (χ2v) is 3.63. The molecule has 2 aliphatic rings. The van der Waals surface area contributed by atoms with E-state index in [2.05, 4.69) is 17.0 Å². The van der Waals surface area contributed by atoms with Gasteiger partial charge in [-0.2, -0.15) is 0 Å². The number of nitrogen functional groups attached to an aromatic ring is 1. The van der Waals surface area contributed by atoms with Crippen LogP contribution >= 0.6 is 0 Å². The minimum atomic E-state index is 0.984. The highest BCUT2D eigenvalue weighted by atomic mass is 15.2. The zero-order chi connectivity index (χ0) is 8.13. The van der Waals surface area contributed by atoms with Crippen LogP contribution in [0.3, 0.4) is 0 Å². The topological polar surface area (TPSA) is 29.3 Å². The Hall–Kier alpha value is -1.18. The second kappa shape index (κ2) is 1.94. The zero-order valence-electron chi connectivity index (χ0n) is 7.01. The summed E-state index contributed by atoms with van der Waals surface area (Å²) >= 11 is 0. The van der Waals surface area contributed by atoms with E-state index >= 15 is 0 Å². The summed E-state index contributed by atoms with van der Waals surface area (Å²) < 4.78 is 0. The van der Waals surface area contributed by atoms with Crippen molar-refractivity contribution in [2.24, 2.45) is 0 Å². The first-order valence-electron chi connectivity index (χ1n) is 4.51. The fourth-order valence-corrected chi connectivity index (χ4v) is 2.40. The first-order chi connectivity index (χ1) is 5.86. The first kappa shape index (κ1) is 6.35. The van der Waals surface area contributed by atoms with Crippen molar-refractivity contribution in [2.75, 3.05) is 23.7 Å². The third kappa shape index (κ3) is 0.607. The van der Waals surface area contributed by atoms with Gasteiger partial charge in [0.05, 0.1) is 0 Å². The number of anilines is 2. The normalized spacial score (nSPS) is 18.5. The molecule has 0 fully saturated rings. The van der Waals surface area contributed by atoms with Crippen molar-refractivity contribution in [1.82, 2.24) is 0 Å².